The van der Waals surface area contributed by atoms with Gasteiger partial charge in [-0.3, -0.25) is 0 Å². The third-order valence-electron chi connectivity index (χ3n) is 5.02. The number of fused-ring (bicyclic) bond motifs is 2. The van der Waals surface area contributed by atoms with Crippen LogP contribution in [-0.2, 0) is 0 Å². The van der Waals surface area contributed by atoms with Crippen molar-refractivity contribution in [1.29, 1.82) is 0 Å². The van der Waals surface area contributed by atoms with Gasteiger partial charge in [-0.05, 0) is 57.8 Å². The standard InChI is InChI=1S/C15H25N3/c1-10(2)18-7-6-16-15(18)17-11(3)14-9-12-4-5-13(14)8-12/h6-7,10-14H,4-5,8-9H2,1-3H3,(H,16,17). The van der Waals surface area contributed by atoms with Gasteiger partial charge in [-0.1, -0.05) is 6.42 Å². The Labute approximate surface area is 110 Å². The first-order chi connectivity index (χ1) is 8.65. The third-order valence-corrected chi connectivity index (χ3v) is 5.02. The van der Waals surface area contributed by atoms with E-state index in [0.29, 0.717) is 12.1 Å². The lowest BCUT2D eigenvalue weighted by Gasteiger charge is -2.29. The Morgan fingerprint density at radius 3 is 2.72 bits per heavy atom. The molecule has 1 aromatic rings. The lowest BCUT2D eigenvalue weighted by atomic mass is 9.84. The van der Waals surface area contributed by atoms with Gasteiger partial charge < -0.3 is 9.88 Å². The lowest BCUT2D eigenvalue weighted by molar-refractivity contribution is 0.303. The summed E-state index contributed by atoms with van der Waals surface area (Å²) in [5.41, 5.74) is 0. The van der Waals surface area contributed by atoms with Crippen LogP contribution in [0.15, 0.2) is 12.4 Å². The fourth-order valence-corrected chi connectivity index (χ4v) is 4.06. The van der Waals surface area contributed by atoms with E-state index in [1.165, 1.54) is 25.7 Å². The molecule has 2 aliphatic carbocycles. The molecule has 3 rings (SSSR count). The van der Waals surface area contributed by atoms with E-state index in [4.69, 9.17) is 0 Å². The summed E-state index contributed by atoms with van der Waals surface area (Å²) in [4.78, 5) is 4.46. The average Bonchev–Trinajstić information content (AvgIpc) is 3.03. The van der Waals surface area contributed by atoms with Crippen LogP contribution in [0.1, 0.15) is 52.5 Å². The van der Waals surface area contributed by atoms with Gasteiger partial charge in [0.05, 0.1) is 0 Å². The number of aromatic nitrogens is 2. The molecule has 18 heavy (non-hydrogen) atoms. The van der Waals surface area contributed by atoms with Gasteiger partial charge in [0.1, 0.15) is 0 Å². The number of imidazole rings is 1. The monoisotopic (exact) mass is 247 g/mol. The first kappa shape index (κ1) is 12.1. The molecule has 0 spiro atoms. The maximum atomic E-state index is 4.46. The first-order valence-electron chi connectivity index (χ1n) is 7.44. The van der Waals surface area contributed by atoms with Crippen molar-refractivity contribution in [3.8, 4) is 0 Å². The van der Waals surface area contributed by atoms with E-state index in [1.54, 1.807) is 0 Å². The molecule has 0 amide bonds. The summed E-state index contributed by atoms with van der Waals surface area (Å²) in [5, 5.41) is 3.65. The van der Waals surface area contributed by atoms with E-state index < -0.39 is 0 Å². The normalized spacial score (nSPS) is 32.1. The van der Waals surface area contributed by atoms with Gasteiger partial charge in [0.2, 0.25) is 5.95 Å². The molecule has 0 radical (unpaired) electrons. The molecule has 1 heterocycles. The molecule has 3 heteroatoms. The molecule has 4 atom stereocenters. The van der Waals surface area contributed by atoms with E-state index in [2.05, 4.69) is 41.8 Å². The third kappa shape index (κ3) is 2.04. The molecule has 2 saturated carbocycles. The number of rotatable bonds is 4. The summed E-state index contributed by atoms with van der Waals surface area (Å²) < 4.78 is 2.23. The van der Waals surface area contributed by atoms with Crippen molar-refractivity contribution in [2.24, 2.45) is 17.8 Å². The minimum absolute atomic E-state index is 0.474. The predicted molar refractivity (Wildman–Crippen MR) is 74.6 cm³/mol. The van der Waals surface area contributed by atoms with Gasteiger partial charge >= 0.3 is 0 Å². The summed E-state index contributed by atoms with van der Waals surface area (Å²) in [7, 11) is 0. The highest BCUT2D eigenvalue weighted by Gasteiger charge is 2.41. The summed E-state index contributed by atoms with van der Waals surface area (Å²) in [6, 6.07) is 1.03. The second-order valence-electron chi connectivity index (χ2n) is 6.52. The summed E-state index contributed by atoms with van der Waals surface area (Å²) >= 11 is 0. The molecule has 2 fully saturated rings. The minimum Gasteiger partial charge on any atom is -0.353 e. The molecule has 0 aromatic carbocycles. The Kier molecular flexibility index (Phi) is 3.08. The highest BCUT2D eigenvalue weighted by Crippen LogP contribution is 2.49. The van der Waals surface area contributed by atoms with Gasteiger partial charge in [0.25, 0.3) is 0 Å². The quantitative estimate of drug-likeness (QED) is 0.879. The molecule has 1 N–H and O–H groups in total. The van der Waals surface area contributed by atoms with Gasteiger partial charge in [0.15, 0.2) is 0 Å². The van der Waals surface area contributed by atoms with E-state index in [0.717, 1.165) is 23.7 Å². The Hall–Kier alpha value is -0.990. The van der Waals surface area contributed by atoms with Crippen LogP contribution < -0.4 is 5.32 Å². The fraction of sp³-hybridized carbons (Fsp3) is 0.800. The summed E-state index contributed by atoms with van der Waals surface area (Å²) in [6.07, 6.45) is 9.82. The molecule has 0 aliphatic heterocycles. The Balaban J connectivity index is 1.67. The van der Waals surface area contributed by atoms with E-state index in [9.17, 15) is 0 Å². The predicted octanol–water partition coefficient (Wildman–Crippen LogP) is 3.70. The number of nitrogens with one attached hydrogen (secondary N) is 1. The van der Waals surface area contributed by atoms with Gasteiger partial charge in [-0.15, -0.1) is 0 Å². The van der Waals surface area contributed by atoms with Crippen molar-refractivity contribution in [3.63, 3.8) is 0 Å². The highest BCUT2D eigenvalue weighted by molar-refractivity contribution is 5.28. The fourth-order valence-electron chi connectivity index (χ4n) is 4.06. The molecule has 1 aromatic heterocycles. The Bertz CT molecular complexity index is 410. The highest BCUT2D eigenvalue weighted by atomic mass is 15.2. The minimum atomic E-state index is 0.474. The summed E-state index contributed by atoms with van der Waals surface area (Å²) in [6.45, 7) is 6.74. The van der Waals surface area contributed by atoms with Crippen molar-refractivity contribution in [1.82, 2.24) is 9.55 Å². The molecular weight excluding hydrogens is 222 g/mol. The molecule has 0 saturated heterocycles. The largest absolute Gasteiger partial charge is 0.353 e. The second kappa shape index (κ2) is 4.60. The smallest absolute Gasteiger partial charge is 0.203 e. The van der Waals surface area contributed by atoms with Gasteiger partial charge in [0, 0.05) is 24.5 Å². The molecule has 2 bridgehead atoms. The van der Waals surface area contributed by atoms with Crippen LogP contribution >= 0.6 is 0 Å². The lowest BCUT2D eigenvalue weighted by Crippen LogP contribution is -2.31. The van der Waals surface area contributed by atoms with Crippen LogP contribution in [0.3, 0.4) is 0 Å². The number of hydrogen-bond donors (Lipinski definition) is 1. The molecule has 100 valence electrons. The van der Waals surface area contributed by atoms with E-state index >= 15 is 0 Å². The molecule has 3 nitrogen and oxygen atoms in total. The molecular formula is C15H25N3. The Morgan fingerprint density at radius 1 is 1.28 bits per heavy atom. The summed E-state index contributed by atoms with van der Waals surface area (Å²) in [5.74, 6) is 3.90. The number of anilines is 1. The zero-order valence-electron chi connectivity index (χ0n) is 11.8. The van der Waals surface area contributed by atoms with Crippen LogP contribution in [0.5, 0.6) is 0 Å². The molecule has 4 unspecified atom stereocenters. The van der Waals surface area contributed by atoms with Crippen LogP contribution in [0.4, 0.5) is 5.95 Å². The van der Waals surface area contributed by atoms with Crippen molar-refractivity contribution >= 4 is 5.95 Å². The van der Waals surface area contributed by atoms with Crippen LogP contribution in [0.25, 0.3) is 0 Å². The van der Waals surface area contributed by atoms with Crippen LogP contribution in [-0.4, -0.2) is 15.6 Å². The average molecular weight is 247 g/mol. The van der Waals surface area contributed by atoms with Crippen molar-refractivity contribution in [2.75, 3.05) is 5.32 Å². The van der Waals surface area contributed by atoms with E-state index in [1.807, 2.05) is 6.20 Å². The first-order valence-corrected chi connectivity index (χ1v) is 7.44. The number of nitrogens with zero attached hydrogens (tertiary/aromatic N) is 2. The van der Waals surface area contributed by atoms with Crippen molar-refractivity contribution in [2.45, 2.75) is 58.5 Å². The van der Waals surface area contributed by atoms with Crippen LogP contribution in [0, 0.1) is 17.8 Å². The number of hydrogen-bond acceptors (Lipinski definition) is 2. The second-order valence-corrected chi connectivity index (χ2v) is 6.52. The SMILES string of the molecule is CC(Nc1nccn1C(C)C)C1CC2CCC1C2. The zero-order chi connectivity index (χ0) is 12.7. The molecule has 2 aliphatic rings. The van der Waals surface area contributed by atoms with E-state index in [-0.39, 0.29) is 0 Å². The zero-order valence-corrected chi connectivity index (χ0v) is 11.8. The van der Waals surface area contributed by atoms with Gasteiger partial charge in [-0.25, -0.2) is 4.98 Å². The van der Waals surface area contributed by atoms with Crippen molar-refractivity contribution < 1.29 is 0 Å². The van der Waals surface area contributed by atoms with Gasteiger partial charge in [-0.2, -0.15) is 0 Å². The maximum absolute atomic E-state index is 4.46. The maximum Gasteiger partial charge on any atom is 0.203 e. The Morgan fingerprint density at radius 2 is 2.11 bits per heavy atom. The van der Waals surface area contributed by atoms with Crippen LogP contribution in [0.2, 0.25) is 0 Å². The van der Waals surface area contributed by atoms with Crippen molar-refractivity contribution in [3.05, 3.63) is 12.4 Å². The topological polar surface area (TPSA) is 29.9 Å².